The largest absolute Gasteiger partial charge is 0.481 e. The Balaban J connectivity index is 2.74. The smallest absolute Gasteiger partial charge is 0.325 e. The maximum atomic E-state index is 12.2. The molecule has 0 aliphatic carbocycles. The summed E-state index contributed by atoms with van der Waals surface area (Å²) < 4.78 is 0. The summed E-state index contributed by atoms with van der Waals surface area (Å²) in [5.41, 5.74) is 0. The van der Waals surface area contributed by atoms with Crippen LogP contribution in [0.3, 0.4) is 0 Å². The van der Waals surface area contributed by atoms with Gasteiger partial charge in [-0.3, -0.25) is 24.0 Å². The molecule has 27 heavy (non-hydrogen) atoms. The van der Waals surface area contributed by atoms with E-state index in [9.17, 15) is 29.1 Å². The molecule has 4 atom stereocenters. The van der Waals surface area contributed by atoms with Crippen LogP contribution in [-0.2, 0) is 24.0 Å². The van der Waals surface area contributed by atoms with Gasteiger partial charge in [-0.2, -0.15) is 0 Å². The van der Waals surface area contributed by atoms with Crippen LogP contribution in [0.25, 0.3) is 0 Å². The molecule has 12 heteroatoms. The van der Waals surface area contributed by atoms with Crippen molar-refractivity contribution >= 4 is 29.7 Å². The third-order valence-electron chi connectivity index (χ3n) is 3.93. The topological polar surface area (TPSA) is 194 Å². The third-order valence-corrected chi connectivity index (χ3v) is 3.93. The standard InChI is InChI=1S/C15H24N4O8/c1-7(15(26)27)17-13(24)9(5-11(21)22)18-14(25)10(6-20)19-12(23)8-3-2-4-16-8/h7-10,16,20H,2-6H2,1H3,(H,17,24)(H,18,25)(H,19,23)(H,21,22)(H,26,27). The fourth-order valence-corrected chi connectivity index (χ4v) is 2.41. The van der Waals surface area contributed by atoms with Crippen molar-refractivity contribution in [2.45, 2.75) is 50.4 Å². The highest BCUT2D eigenvalue weighted by molar-refractivity contribution is 5.95. The van der Waals surface area contributed by atoms with E-state index in [1.807, 2.05) is 0 Å². The fourth-order valence-electron chi connectivity index (χ4n) is 2.41. The van der Waals surface area contributed by atoms with Gasteiger partial charge in [0.2, 0.25) is 17.7 Å². The van der Waals surface area contributed by atoms with Crippen LogP contribution in [-0.4, -0.2) is 82.3 Å². The first-order chi connectivity index (χ1) is 12.6. The highest BCUT2D eigenvalue weighted by Gasteiger charge is 2.31. The first kappa shape index (κ1) is 22.3. The number of hydrogen-bond acceptors (Lipinski definition) is 7. The molecule has 1 heterocycles. The van der Waals surface area contributed by atoms with Crippen molar-refractivity contribution in [2.75, 3.05) is 13.2 Å². The minimum atomic E-state index is -1.58. The van der Waals surface area contributed by atoms with E-state index in [-0.39, 0.29) is 0 Å². The van der Waals surface area contributed by atoms with E-state index < -0.39 is 66.9 Å². The predicted octanol–water partition coefficient (Wildman–Crippen LogP) is -3.24. The van der Waals surface area contributed by atoms with Crippen LogP contribution in [0.2, 0.25) is 0 Å². The van der Waals surface area contributed by atoms with Crippen molar-refractivity contribution in [1.29, 1.82) is 0 Å². The third kappa shape index (κ3) is 7.19. The van der Waals surface area contributed by atoms with Gasteiger partial charge in [0.25, 0.3) is 0 Å². The molecule has 0 radical (unpaired) electrons. The van der Waals surface area contributed by atoms with E-state index in [1.165, 1.54) is 6.92 Å². The fraction of sp³-hybridized carbons (Fsp3) is 0.667. The van der Waals surface area contributed by atoms with Crippen LogP contribution in [0.15, 0.2) is 0 Å². The quantitative estimate of drug-likeness (QED) is 0.201. The van der Waals surface area contributed by atoms with Gasteiger partial charge in [0.05, 0.1) is 19.1 Å². The van der Waals surface area contributed by atoms with E-state index in [4.69, 9.17) is 10.2 Å². The number of nitrogens with one attached hydrogen (secondary N) is 4. The number of carbonyl (C=O) groups excluding carboxylic acids is 3. The van der Waals surface area contributed by atoms with Crippen molar-refractivity contribution in [3.8, 4) is 0 Å². The summed E-state index contributed by atoms with van der Waals surface area (Å²) in [6.07, 6.45) is 0.555. The van der Waals surface area contributed by atoms with Crippen LogP contribution in [0.4, 0.5) is 0 Å². The predicted molar refractivity (Wildman–Crippen MR) is 89.5 cm³/mol. The first-order valence-electron chi connectivity index (χ1n) is 8.35. The second kappa shape index (κ2) is 10.4. The van der Waals surface area contributed by atoms with E-state index in [1.54, 1.807) is 0 Å². The average molecular weight is 388 g/mol. The maximum absolute atomic E-state index is 12.2. The lowest BCUT2D eigenvalue weighted by Gasteiger charge is -2.23. The molecule has 0 aromatic heterocycles. The monoisotopic (exact) mass is 388 g/mol. The molecule has 4 unspecified atom stereocenters. The van der Waals surface area contributed by atoms with Crippen LogP contribution in [0, 0.1) is 0 Å². The van der Waals surface area contributed by atoms with Gasteiger partial charge in [-0.15, -0.1) is 0 Å². The number of hydrogen-bond donors (Lipinski definition) is 7. The zero-order chi connectivity index (χ0) is 20.6. The summed E-state index contributed by atoms with van der Waals surface area (Å²) in [4.78, 5) is 58.1. The molecule has 0 bridgehead atoms. The summed E-state index contributed by atoms with van der Waals surface area (Å²) in [6.45, 7) is 1.05. The summed E-state index contributed by atoms with van der Waals surface area (Å²) in [7, 11) is 0. The molecule has 1 rings (SSSR count). The number of aliphatic carboxylic acids is 2. The number of carbonyl (C=O) groups is 5. The van der Waals surface area contributed by atoms with Crippen LogP contribution in [0.1, 0.15) is 26.2 Å². The van der Waals surface area contributed by atoms with Gasteiger partial charge >= 0.3 is 11.9 Å². The summed E-state index contributed by atoms with van der Waals surface area (Å²) >= 11 is 0. The van der Waals surface area contributed by atoms with Crippen molar-refractivity contribution in [3.63, 3.8) is 0 Å². The number of amides is 3. The number of aliphatic hydroxyl groups excluding tert-OH is 1. The zero-order valence-corrected chi connectivity index (χ0v) is 14.7. The Morgan fingerprint density at radius 3 is 2.15 bits per heavy atom. The van der Waals surface area contributed by atoms with Gasteiger partial charge < -0.3 is 36.6 Å². The second-order valence-corrected chi connectivity index (χ2v) is 6.12. The highest BCUT2D eigenvalue weighted by atomic mass is 16.4. The molecule has 152 valence electrons. The van der Waals surface area contributed by atoms with E-state index in [0.29, 0.717) is 13.0 Å². The lowest BCUT2D eigenvalue weighted by Crippen LogP contribution is -2.58. The Morgan fingerprint density at radius 2 is 1.67 bits per heavy atom. The minimum Gasteiger partial charge on any atom is -0.481 e. The molecule has 0 aromatic rings. The van der Waals surface area contributed by atoms with E-state index in [2.05, 4.69) is 21.3 Å². The number of carboxylic acids is 2. The maximum Gasteiger partial charge on any atom is 0.325 e. The Labute approximate surface area is 154 Å². The minimum absolute atomic E-state index is 0.499. The van der Waals surface area contributed by atoms with Crippen molar-refractivity contribution < 1.29 is 39.3 Å². The average Bonchev–Trinajstić information content (AvgIpc) is 3.12. The lowest BCUT2D eigenvalue weighted by molar-refractivity contribution is -0.143. The Bertz CT molecular complexity index is 590. The van der Waals surface area contributed by atoms with Crippen LogP contribution < -0.4 is 21.3 Å². The van der Waals surface area contributed by atoms with Gasteiger partial charge in [0, 0.05) is 0 Å². The Kier molecular flexibility index (Phi) is 8.62. The number of rotatable bonds is 10. The molecule has 7 N–H and O–H groups in total. The molecule has 0 saturated carbocycles. The summed E-state index contributed by atoms with van der Waals surface area (Å²) in [5, 5.41) is 36.5. The van der Waals surface area contributed by atoms with Crippen LogP contribution in [0.5, 0.6) is 0 Å². The van der Waals surface area contributed by atoms with Crippen molar-refractivity contribution in [2.24, 2.45) is 0 Å². The van der Waals surface area contributed by atoms with Gasteiger partial charge in [0.1, 0.15) is 18.1 Å². The van der Waals surface area contributed by atoms with Gasteiger partial charge in [-0.05, 0) is 26.3 Å². The summed E-state index contributed by atoms with van der Waals surface area (Å²) in [6, 6.07) is -4.76. The normalized spacial score (nSPS) is 19.4. The van der Waals surface area contributed by atoms with Gasteiger partial charge in [-0.25, -0.2) is 0 Å². The van der Waals surface area contributed by atoms with Crippen molar-refractivity contribution in [3.05, 3.63) is 0 Å². The molecular weight excluding hydrogens is 364 g/mol. The molecule has 1 aliphatic rings. The Hall–Kier alpha value is -2.73. The van der Waals surface area contributed by atoms with Crippen LogP contribution >= 0.6 is 0 Å². The van der Waals surface area contributed by atoms with E-state index in [0.717, 1.165) is 6.42 Å². The lowest BCUT2D eigenvalue weighted by atomic mass is 10.1. The number of aliphatic hydroxyl groups is 1. The molecule has 1 fully saturated rings. The van der Waals surface area contributed by atoms with Gasteiger partial charge in [-0.1, -0.05) is 0 Å². The van der Waals surface area contributed by atoms with Crippen molar-refractivity contribution in [1.82, 2.24) is 21.3 Å². The number of carboxylic acid groups (broad SMARTS) is 2. The molecule has 0 spiro atoms. The Morgan fingerprint density at radius 1 is 1.04 bits per heavy atom. The molecule has 1 aliphatic heterocycles. The zero-order valence-electron chi connectivity index (χ0n) is 14.7. The molecular formula is C15H24N4O8. The first-order valence-corrected chi connectivity index (χ1v) is 8.35. The SMILES string of the molecule is CC(NC(=O)C(CC(=O)O)NC(=O)C(CO)NC(=O)C1CCCN1)C(=O)O. The second-order valence-electron chi connectivity index (χ2n) is 6.12. The molecule has 0 aromatic carbocycles. The highest BCUT2D eigenvalue weighted by Crippen LogP contribution is 2.05. The van der Waals surface area contributed by atoms with Gasteiger partial charge in [0.15, 0.2) is 0 Å². The molecule has 12 nitrogen and oxygen atoms in total. The summed E-state index contributed by atoms with van der Waals surface area (Å²) in [5.74, 6) is -5.22. The molecule has 1 saturated heterocycles. The molecule has 3 amide bonds. The van der Waals surface area contributed by atoms with E-state index >= 15 is 0 Å².